The highest BCUT2D eigenvalue weighted by molar-refractivity contribution is 7.10. The lowest BCUT2D eigenvalue weighted by Gasteiger charge is -2.34. The van der Waals surface area contributed by atoms with Crippen molar-refractivity contribution < 1.29 is 9.53 Å². The smallest absolute Gasteiger partial charge is 0.255 e. The van der Waals surface area contributed by atoms with E-state index in [-0.39, 0.29) is 11.9 Å². The number of aryl methyl sites for hydroxylation is 1. The summed E-state index contributed by atoms with van der Waals surface area (Å²) >= 11 is 1.72. The number of para-hydroxylation sites is 1. The van der Waals surface area contributed by atoms with Crippen molar-refractivity contribution in [2.24, 2.45) is 0 Å². The summed E-state index contributed by atoms with van der Waals surface area (Å²) < 4.78 is 7.32. The number of hydrogen-bond acceptors (Lipinski definition) is 5. The zero-order valence-corrected chi connectivity index (χ0v) is 20.0. The molecular weight excluding hydrogens is 444 g/mol. The maximum absolute atomic E-state index is 13.5. The summed E-state index contributed by atoms with van der Waals surface area (Å²) in [6.45, 7) is 5.74. The molecule has 174 valence electrons. The number of thiophene rings is 1. The fourth-order valence-electron chi connectivity index (χ4n) is 4.24. The minimum atomic E-state index is -0.118. The lowest BCUT2D eigenvalue weighted by Crippen LogP contribution is -2.43. The number of carbonyl (C=O) groups is 1. The van der Waals surface area contributed by atoms with E-state index < -0.39 is 0 Å². The van der Waals surface area contributed by atoms with Gasteiger partial charge in [-0.15, -0.1) is 11.3 Å². The average molecular weight is 473 g/mol. The number of aromatic nitrogens is 2. The van der Waals surface area contributed by atoms with E-state index in [9.17, 15) is 4.79 Å². The molecule has 1 amide bonds. The van der Waals surface area contributed by atoms with Crippen molar-refractivity contribution in [3.05, 3.63) is 94.3 Å². The van der Waals surface area contributed by atoms with Crippen LogP contribution in [0.25, 0.3) is 16.9 Å². The van der Waals surface area contributed by atoms with Crippen LogP contribution in [0.2, 0.25) is 0 Å². The SMILES string of the molecule is Cc1ccc(-c2nn(-c3ccccc3)cc2C(=O)NC[C@H](c2cccs2)N2CCOCC2)cc1. The minimum Gasteiger partial charge on any atom is -0.379 e. The van der Waals surface area contributed by atoms with Crippen molar-refractivity contribution in [3.8, 4) is 16.9 Å². The maximum Gasteiger partial charge on any atom is 0.255 e. The summed E-state index contributed by atoms with van der Waals surface area (Å²) in [4.78, 5) is 17.1. The summed E-state index contributed by atoms with van der Waals surface area (Å²) in [7, 11) is 0. The van der Waals surface area contributed by atoms with Gasteiger partial charge in [0.15, 0.2) is 0 Å². The van der Waals surface area contributed by atoms with Gasteiger partial charge in [-0.2, -0.15) is 5.10 Å². The second-order valence-corrected chi connectivity index (χ2v) is 9.41. The highest BCUT2D eigenvalue weighted by atomic mass is 32.1. The largest absolute Gasteiger partial charge is 0.379 e. The molecule has 3 heterocycles. The van der Waals surface area contributed by atoms with Crippen molar-refractivity contribution in [2.45, 2.75) is 13.0 Å². The Balaban J connectivity index is 1.42. The Morgan fingerprint density at radius 3 is 2.53 bits per heavy atom. The second-order valence-electron chi connectivity index (χ2n) is 8.43. The molecule has 1 N–H and O–H groups in total. The first kappa shape index (κ1) is 22.5. The van der Waals surface area contributed by atoms with Crippen molar-refractivity contribution in [3.63, 3.8) is 0 Å². The molecule has 0 unspecified atom stereocenters. The Hall–Kier alpha value is -3.26. The summed E-state index contributed by atoms with van der Waals surface area (Å²) in [6, 6.07) is 22.3. The van der Waals surface area contributed by atoms with Crippen LogP contribution in [0.3, 0.4) is 0 Å². The molecule has 4 aromatic rings. The fourth-order valence-corrected chi connectivity index (χ4v) is 5.10. The molecule has 0 spiro atoms. The fraction of sp³-hybridized carbons (Fsp3) is 0.259. The third kappa shape index (κ3) is 4.97. The van der Waals surface area contributed by atoms with Gasteiger partial charge in [0, 0.05) is 36.3 Å². The number of amides is 1. The molecule has 0 radical (unpaired) electrons. The molecular formula is C27H28N4O2S. The molecule has 1 aliphatic rings. The zero-order valence-electron chi connectivity index (χ0n) is 19.2. The number of morpholine rings is 1. The lowest BCUT2D eigenvalue weighted by atomic mass is 10.1. The highest BCUT2D eigenvalue weighted by Crippen LogP contribution is 2.27. The van der Waals surface area contributed by atoms with Gasteiger partial charge in [0.05, 0.1) is 30.5 Å². The van der Waals surface area contributed by atoms with Crippen LogP contribution in [0.15, 0.2) is 78.3 Å². The Morgan fingerprint density at radius 1 is 1.06 bits per heavy atom. The topological polar surface area (TPSA) is 59.4 Å². The van der Waals surface area contributed by atoms with Crippen molar-refractivity contribution in [1.29, 1.82) is 0 Å². The first-order valence-corrected chi connectivity index (χ1v) is 12.4. The van der Waals surface area contributed by atoms with Crippen LogP contribution in [0, 0.1) is 6.92 Å². The first-order valence-electron chi connectivity index (χ1n) is 11.5. The molecule has 0 bridgehead atoms. The monoisotopic (exact) mass is 472 g/mol. The van der Waals surface area contributed by atoms with Crippen molar-refractivity contribution >= 4 is 17.2 Å². The van der Waals surface area contributed by atoms with Gasteiger partial charge in [0.25, 0.3) is 5.91 Å². The Bertz CT molecular complexity index is 1210. The first-order chi connectivity index (χ1) is 16.7. The average Bonchev–Trinajstić information content (AvgIpc) is 3.57. The van der Waals surface area contributed by atoms with E-state index in [4.69, 9.17) is 9.84 Å². The summed E-state index contributed by atoms with van der Waals surface area (Å²) in [5, 5.41) is 10.1. The number of hydrogen-bond donors (Lipinski definition) is 1. The van der Waals surface area contributed by atoms with Crippen LogP contribution in [-0.2, 0) is 4.74 Å². The van der Waals surface area contributed by atoms with Crippen LogP contribution in [0.1, 0.15) is 26.8 Å². The number of nitrogens with zero attached hydrogens (tertiary/aromatic N) is 3. The van der Waals surface area contributed by atoms with E-state index in [2.05, 4.69) is 34.7 Å². The van der Waals surface area contributed by atoms with E-state index in [1.54, 1.807) is 16.0 Å². The van der Waals surface area contributed by atoms with E-state index in [0.29, 0.717) is 17.8 Å². The number of benzene rings is 2. The zero-order chi connectivity index (χ0) is 23.3. The third-order valence-corrected chi connectivity index (χ3v) is 7.09. The molecule has 2 aromatic carbocycles. The molecule has 0 aliphatic carbocycles. The molecule has 1 fully saturated rings. The van der Waals surface area contributed by atoms with Crippen molar-refractivity contribution in [2.75, 3.05) is 32.8 Å². The number of ether oxygens (including phenoxy) is 1. The lowest BCUT2D eigenvalue weighted by molar-refractivity contribution is 0.0169. The van der Waals surface area contributed by atoms with Gasteiger partial charge in [-0.05, 0) is 30.5 Å². The predicted octanol–water partition coefficient (Wildman–Crippen LogP) is 4.71. The molecule has 34 heavy (non-hydrogen) atoms. The van der Waals surface area contributed by atoms with Crippen LogP contribution >= 0.6 is 11.3 Å². The van der Waals surface area contributed by atoms with E-state index in [1.807, 2.05) is 60.8 Å². The Labute approximate surface area is 203 Å². The summed E-state index contributed by atoms with van der Waals surface area (Å²) in [6.07, 6.45) is 1.83. The number of carbonyl (C=O) groups excluding carboxylic acids is 1. The van der Waals surface area contributed by atoms with Gasteiger partial charge in [0.1, 0.15) is 5.69 Å². The van der Waals surface area contributed by atoms with Gasteiger partial charge < -0.3 is 10.1 Å². The number of nitrogens with one attached hydrogen (secondary N) is 1. The van der Waals surface area contributed by atoms with E-state index >= 15 is 0 Å². The van der Waals surface area contributed by atoms with Gasteiger partial charge in [-0.3, -0.25) is 9.69 Å². The van der Waals surface area contributed by atoms with Gasteiger partial charge in [-0.25, -0.2) is 4.68 Å². The van der Waals surface area contributed by atoms with E-state index in [0.717, 1.165) is 37.6 Å². The Kier molecular flexibility index (Phi) is 6.85. The summed E-state index contributed by atoms with van der Waals surface area (Å²) in [5.41, 5.74) is 4.26. The highest BCUT2D eigenvalue weighted by Gasteiger charge is 2.25. The molecule has 0 saturated carbocycles. The molecule has 5 rings (SSSR count). The van der Waals surface area contributed by atoms with E-state index in [1.165, 1.54) is 10.4 Å². The minimum absolute atomic E-state index is 0.118. The maximum atomic E-state index is 13.5. The Morgan fingerprint density at radius 2 is 1.82 bits per heavy atom. The normalized spacial score (nSPS) is 15.2. The van der Waals surface area contributed by atoms with Gasteiger partial charge in [0.2, 0.25) is 0 Å². The molecule has 1 aliphatic heterocycles. The quantitative estimate of drug-likeness (QED) is 0.423. The third-order valence-electron chi connectivity index (χ3n) is 6.12. The van der Waals surface area contributed by atoms with Crippen LogP contribution in [0.4, 0.5) is 0 Å². The molecule has 1 saturated heterocycles. The predicted molar refractivity (Wildman–Crippen MR) is 136 cm³/mol. The molecule has 2 aromatic heterocycles. The molecule has 1 atom stereocenters. The van der Waals surface area contributed by atoms with Crippen LogP contribution < -0.4 is 5.32 Å². The van der Waals surface area contributed by atoms with Gasteiger partial charge >= 0.3 is 0 Å². The van der Waals surface area contributed by atoms with Crippen LogP contribution in [0.5, 0.6) is 0 Å². The standard InChI is InChI=1S/C27H28N4O2S/c1-20-9-11-21(12-10-20)26-23(19-31(29-26)22-6-3-2-4-7-22)27(32)28-18-24(25-8-5-17-34-25)30-13-15-33-16-14-30/h2-12,17,19,24H,13-16,18H2,1H3,(H,28,32)/t24-/m1/s1. The number of rotatable bonds is 7. The van der Waals surface area contributed by atoms with Crippen molar-refractivity contribution in [1.82, 2.24) is 20.0 Å². The molecule has 7 heteroatoms. The summed E-state index contributed by atoms with van der Waals surface area (Å²) in [5.74, 6) is -0.118. The molecule has 6 nitrogen and oxygen atoms in total. The van der Waals surface area contributed by atoms with Gasteiger partial charge in [-0.1, -0.05) is 54.1 Å². The van der Waals surface area contributed by atoms with Crippen LogP contribution in [-0.4, -0.2) is 53.4 Å². The second kappa shape index (κ2) is 10.3.